The van der Waals surface area contributed by atoms with E-state index in [4.69, 9.17) is 0 Å². The Labute approximate surface area is 282 Å². The zero-order valence-corrected chi connectivity index (χ0v) is 31.0. The Morgan fingerprint density at radius 3 is 2.09 bits per heavy atom. The van der Waals surface area contributed by atoms with Crippen molar-refractivity contribution < 1.29 is 32.4 Å². The molecule has 1 heterocycles. The molecule has 1 saturated heterocycles. The van der Waals surface area contributed by atoms with Crippen LogP contribution in [0.4, 0.5) is 4.79 Å². The van der Waals surface area contributed by atoms with Gasteiger partial charge in [0.2, 0.25) is 17.6 Å². The Balaban J connectivity index is 2.38. The Morgan fingerprint density at radius 2 is 1.55 bits per heavy atom. The minimum absolute atomic E-state index is 0.0163. The molecule has 270 valence electrons. The zero-order valence-electron chi connectivity index (χ0n) is 30.2. The Hall–Kier alpha value is -2.70. The van der Waals surface area contributed by atoms with Crippen molar-refractivity contribution in [2.75, 3.05) is 24.6 Å². The zero-order chi connectivity index (χ0) is 35.8. The molecule has 0 aromatic rings. The van der Waals surface area contributed by atoms with E-state index in [9.17, 15) is 32.4 Å². The number of nitrogens with one attached hydrogen (secondary N) is 4. The number of hydrogen-bond donors (Lipinski definition) is 4. The maximum atomic E-state index is 14.4. The molecule has 2 aliphatic rings. The van der Waals surface area contributed by atoms with E-state index in [-0.39, 0.29) is 35.8 Å². The summed E-state index contributed by atoms with van der Waals surface area (Å²) >= 11 is 0. The number of carbonyl (C=O) groups is 5. The van der Waals surface area contributed by atoms with E-state index in [0.29, 0.717) is 38.6 Å². The van der Waals surface area contributed by atoms with Crippen LogP contribution in [0.15, 0.2) is 0 Å². The highest BCUT2D eigenvalue weighted by molar-refractivity contribution is 7.91. The summed E-state index contributed by atoms with van der Waals surface area (Å²) in [6.45, 7) is 17.5. The van der Waals surface area contributed by atoms with Gasteiger partial charge in [-0.05, 0) is 48.9 Å². The summed E-state index contributed by atoms with van der Waals surface area (Å²) in [5.74, 6) is -2.59. The monoisotopic (exact) mass is 683 g/mol. The van der Waals surface area contributed by atoms with E-state index in [1.807, 2.05) is 55.4 Å². The standard InChI is InChI=1S/C34H61N5O7S/c1-10-16-24(26(40)29(42)35-19-11-2)36-28(41)25-20-33(8,9)23(4)21-39(25)30(43)27(32(5,6)7)37-31(44)38-34(17-14-13-15-18-34)22-47(45,46)12-3/h23-25,27H,10-22H2,1-9H3,(H,35,42)(H,36,41)(H2,37,38,44)/t23?,24?,25-,27+/m0/s1. The molecule has 0 spiro atoms. The summed E-state index contributed by atoms with van der Waals surface area (Å²) in [6.07, 6.45) is 5.42. The number of likely N-dealkylation sites (tertiary alicyclic amines) is 1. The number of amides is 5. The molecule has 0 bridgehead atoms. The number of sulfone groups is 1. The van der Waals surface area contributed by atoms with Crippen molar-refractivity contribution in [3.8, 4) is 0 Å². The first kappa shape index (κ1) is 40.5. The highest BCUT2D eigenvalue weighted by Crippen LogP contribution is 2.39. The molecule has 12 nitrogen and oxygen atoms in total. The average Bonchev–Trinajstić information content (AvgIpc) is 2.98. The van der Waals surface area contributed by atoms with Crippen molar-refractivity contribution in [1.29, 1.82) is 0 Å². The van der Waals surface area contributed by atoms with Gasteiger partial charge in [-0.2, -0.15) is 0 Å². The van der Waals surface area contributed by atoms with Crippen LogP contribution in [-0.2, 0) is 29.0 Å². The molecule has 4 N–H and O–H groups in total. The van der Waals surface area contributed by atoms with Gasteiger partial charge in [-0.15, -0.1) is 0 Å². The second-order valence-corrected chi connectivity index (χ2v) is 17.8. The molecule has 13 heteroatoms. The lowest BCUT2D eigenvalue weighted by molar-refractivity contribution is -0.151. The number of Topliss-reactive ketones (excluding diaryl/α,β-unsaturated/α-hetero) is 1. The van der Waals surface area contributed by atoms with Crippen LogP contribution in [0.1, 0.15) is 120 Å². The molecule has 4 atom stereocenters. The van der Waals surface area contributed by atoms with Crippen LogP contribution in [0.5, 0.6) is 0 Å². The van der Waals surface area contributed by atoms with Gasteiger partial charge in [-0.25, -0.2) is 13.2 Å². The number of hydrogen-bond acceptors (Lipinski definition) is 7. The van der Waals surface area contributed by atoms with E-state index in [0.717, 1.165) is 19.3 Å². The number of nitrogens with zero attached hydrogens (tertiary/aromatic N) is 1. The molecule has 0 radical (unpaired) electrons. The number of rotatable bonds is 14. The first-order valence-corrected chi connectivity index (χ1v) is 19.3. The van der Waals surface area contributed by atoms with Crippen molar-refractivity contribution in [2.45, 2.75) is 144 Å². The predicted octanol–water partition coefficient (Wildman–Crippen LogP) is 3.48. The molecule has 2 unspecified atom stereocenters. The third kappa shape index (κ3) is 11.2. The fraction of sp³-hybridized carbons (Fsp3) is 0.853. The number of piperidine rings is 1. The van der Waals surface area contributed by atoms with Crippen LogP contribution in [0.2, 0.25) is 0 Å². The van der Waals surface area contributed by atoms with Gasteiger partial charge in [0.25, 0.3) is 5.91 Å². The summed E-state index contributed by atoms with van der Waals surface area (Å²) in [6, 6.07) is -3.63. The smallest absolute Gasteiger partial charge is 0.315 e. The van der Waals surface area contributed by atoms with Gasteiger partial charge in [-0.1, -0.05) is 88.0 Å². The molecule has 0 aromatic heterocycles. The lowest BCUT2D eigenvalue weighted by Gasteiger charge is -2.49. The van der Waals surface area contributed by atoms with Gasteiger partial charge >= 0.3 is 6.03 Å². The predicted molar refractivity (Wildman–Crippen MR) is 183 cm³/mol. The maximum absolute atomic E-state index is 14.4. The van der Waals surface area contributed by atoms with Gasteiger partial charge in [0.05, 0.1) is 17.3 Å². The van der Waals surface area contributed by atoms with Gasteiger partial charge in [0.15, 0.2) is 9.84 Å². The van der Waals surface area contributed by atoms with Crippen molar-refractivity contribution >= 4 is 39.4 Å². The van der Waals surface area contributed by atoms with Crippen molar-refractivity contribution in [3.05, 3.63) is 0 Å². The first-order valence-electron chi connectivity index (χ1n) is 17.4. The molecule has 1 aliphatic carbocycles. The van der Waals surface area contributed by atoms with Crippen LogP contribution < -0.4 is 21.3 Å². The third-order valence-electron chi connectivity index (χ3n) is 9.97. The summed E-state index contributed by atoms with van der Waals surface area (Å²) in [5.41, 5.74) is -2.00. The minimum Gasteiger partial charge on any atom is -0.349 e. The Kier molecular flexibility index (Phi) is 14.3. The van der Waals surface area contributed by atoms with Crippen LogP contribution in [0.3, 0.4) is 0 Å². The lowest BCUT2D eigenvalue weighted by atomic mass is 9.71. The fourth-order valence-corrected chi connectivity index (χ4v) is 7.95. The van der Waals surface area contributed by atoms with Crippen LogP contribution in [0, 0.1) is 16.7 Å². The first-order chi connectivity index (χ1) is 21.7. The van der Waals surface area contributed by atoms with Crippen LogP contribution in [0.25, 0.3) is 0 Å². The number of ketones is 1. The lowest BCUT2D eigenvalue weighted by Crippen LogP contribution is -2.66. The summed E-state index contributed by atoms with van der Waals surface area (Å²) in [4.78, 5) is 69.0. The van der Waals surface area contributed by atoms with E-state index < -0.39 is 68.5 Å². The second kappa shape index (κ2) is 16.6. The molecule has 2 fully saturated rings. The fourth-order valence-electron chi connectivity index (χ4n) is 6.55. The molecule has 5 amide bonds. The van der Waals surface area contributed by atoms with Crippen molar-refractivity contribution in [3.63, 3.8) is 0 Å². The van der Waals surface area contributed by atoms with Crippen molar-refractivity contribution in [2.24, 2.45) is 16.7 Å². The SMILES string of the molecule is CCCNC(=O)C(=O)C(CCC)NC(=O)[C@@H]1CC(C)(C)C(C)CN1C(=O)[C@@H](NC(=O)NC1(CS(=O)(=O)CC)CCCCC1)C(C)(C)C. The Morgan fingerprint density at radius 1 is 0.936 bits per heavy atom. The van der Waals surface area contributed by atoms with E-state index in [2.05, 4.69) is 21.3 Å². The molecule has 2 rings (SSSR count). The maximum Gasteiger partial charge on any atom is 0.315 e. The van der Waals surface area contributed by atoms with E-state index in [1.165, 1.54) is 4.90 Å². The molecular weight excluding hydrogens is 622 g/mol. The van der Waals surface area contributed by atoms with Crippen molar-refractivity contribution in [1.82, 2.24) is 26.2 Å². The van der Waals surface area contributed by atoms with E-state index >= 15 is 0 Å². The molecular formula is C34H61N5O7S. The number of urea groups is 1. The molecule has 1 saturated carbocycles. The van der Waals surface area contributed by atoms with Crippen LogP contribution >= 0.6 is 0 Å². The minimum atomic E-state index is -3.39. The number of carbonyl (C=O) groups excluding carboxylic acids is 5. The second-order valence-electron chi connectivity index (χ2n) is 15.5. The largest absolute Gasteiger partial charge is 0.349 e. The summed E-state index contributed by atoms with van der Waals surface area (Å²) in [5, 5.41) is 11.2. The molecule has 1 aliphatic heterocycles. The quantitative estimate of drug-likeness (QED) is 0.203. The molecule has 0 aromatic carbocycles. The highest BCUT2D eigenvalue weighted by atomic mass is 32.2. The van der Waals surface area contributed by atoms with Gasteiger partial charge < -0.3 is 26.2 Å². The summed E-state index contributed by atoms with van der Waals surface area (Å²) < 4.78 is 25.3. The normalized spacial score (nSPS) is 22.4. The van der Waals surface area contributed by atoms with E-state index in [1.54, 1.807) is 6.92 Å². The third-order valence-corrected chi connectivity index (χ3v) is 11.8. The summed E-state index contributed by atoms with van der Waals surface area (Å²) in [7, 11) is -3.39. The van der Waals surface area contributed by atoms with Gasteiger partial charge in [0.1, 0.15) is 12.1 Å². The molecule has 47 heavy (non-hydrogen) atoms. The van der Waals surface area contributed by atoms with Gasteiger partial charge in [-0.3, -0.25) is 19.2 Å². The average molecular weight is 684 g/mol. The Bertz CT molecular complexity index is 1240. The van der Waals surface area contributed by atoms with Gasteiger partial charge in [0, 0.05) is 18.8 Å². The topological polar surface area (TPSA) is 171 Å². The highest BCUT2D eigenvalue weighted by Gasteiger charge is 2.48. The van der Waals surface area contributed by atoms with Crippen LogP contribution in [-0.4, -0.2) is 91.1 Å².